The molecule has 3 rings (SSSR count). The maximum absolute atomic E-state index is 13.2. The van der Waals surface area contributed by atoms with E-state index in [1.807, 2.05) is 31.2 Å². The molecular weight excluding hydrogens is 418 g/mol. The summed E-state index contributed by atoms with van der Waals surface area (Å²) in [5.41, 5.74) is 2.08. The highest BCUT2D eigenvalue weighted by Crippen LogP contribution is 2.20. The molecule has 7 heteroatoms. The van der Waals surface area contributed by atoms with Gasteiger partial charge in [0, 0.05) is 11.4 Å². The molecule has 0 saturated carbocycles. The standard InChI is InChI=1S/C25H31N3O3Si/c1-17-6-9-20(26-17)16-23(29)28-24(18-7-12-21(31-2)13-8-18)25(30)27-19-10-14-22(15-11-19)32(3,4)5/h6-15,17,24H,16H2,1-5H3,(H,27,30)(H,28,29)/t17-,24?/m0/s1. The van der Waals surface area contributed by atoms with E-state index in [-0.39, 0.29) is 24.3 Å². The van der Waals surface area contributed by atoms with Crippen LogP contribution in [0.1, 0.15) is 24.9 Å². The van der Waals surface area contributed by atoms with E-state index < -0.39 is 14.1 Å². The van der Waals surface area contributed by atoms with Crippen molar-refractivity contribution in [2.24, 2.45) is 4.99 Å². The van der Waals surface area contributed by atoms with Gasteiger partial charge in [0.15, 0.2) is 0 Å². The molecule has 1 heterocycles. The third-order valence-electron chi connectivity index (χ3n) is 5.31. The Hall–Kier alpha value is -3.19. The summed E-state index contributed by atoms with van der Waals surface area (Å²) in [4.78, 5) is 30.3. The van der Waals surface area contributed by atoms with Gasteiger partial charge in [-0.05, 0) is 42.8 Å². The van der Waals surface area contributed by atoms with Crippen molar-refractivity contribution < 1.29 is 14.3 Å². The number of hydrogen-bond donors (Lipinski definition) is 2. The molecular formula is C25H31N3O3Si. The van der Waals surface area contributed by atoms with Crippen molar-refractivity contribution in [3.8, 4) is 5.75 Å². The van der Waals surface area contributed by atoms with Gasteiger partial charge in [-0.15, -0.1) is 0 Å². The zero-order valence-corrected chi connectivity index (χ0v) is 20.3. The molecule has 2 aromatic carbocycles. The van der Waals surface area contributed by atoms with Crippen molar-refractivity contribution in [2.45, 2.75) is 45.1 Å². The number of methoxy groups -OCH3 is 1. The summed E-state index contributed by atoms with van der Waals surface area (Å²) < 4.78 is 5.22. The molecule has 0 fully saturated rings. The molecule has 0 bridgehead atoms. The van der Waals surface area contributed by atoms with Crippen molar-refractivity contribution in [1.82, 2.24) is 5.32 Å². The van der Waals surface area contributed by atoms with Gasteiger partial charge in [-0.2, -0.15) is 0 Å². The Kier molecular flexibility index (Phi) is 7.30. The molecule has 0 saturated heterocycles. The number of ether oxygens (including phenoxy) is 1. The Labute approximate surface area is 190 Å². The zero-order valence-electron chi connectivity index (χ0n) is 19.3. The molecule has 0 aliphatic carbocycles. The van der Waals surface area contributed by atoms with E-state index in [4.69, 9.17) is 4.74 Å². The SMILES string of the molecule is COc1ccc(C(NC(=O)CC2=N[C@@H](C)C=C2)C(=O)Nc2ccc([Si](C)(C)C)cc2)cc1. The summed E-state index contributed by atoms with van der Waals surface area (Å²) in [6.07, 6.45) is 3.93. The Balaban J connectivity index is 1.77. The van der Waals surface area contributed by atoms with Crippen molar-refractivity contribution in [2.75, 3.05) is 12.4 Å². The smallest absolute Gasteiger partial charge is 0.251 e. The van der Waals surface area contributed by atoms with Crippen LogP contribution in [-0.2, 0) is 9.59 Å². The third kappa shape index (κ3) is 6.17. The van der Waals surface area contributed by atoms with Crippen LogP contribution in [-0.4, -0.2) is 38.8 Å². The van der Waals surface area contributed by atoms with Gasteiger partial charge >= 0.3 is 0 Å². The molecule has 1 aliphatic rings. The lowest BCUT2D eigenvalue weighted by Crippen LogP contribution is -2.38. The highest BCUT2D eigenvalue weighted by molar-refractivity contribution is 6.88. The van der Waals surface area contributed by atoms with Crippen molar-refractivity contribution >= 4 is 36.5 Å². The maximum Gasteiger partial charge on any atom is 0.251 e. The molecule has 1 unspecified atom stereocenters. The number of hydrogen-bond acceptors (Lipinski definition) is 4. The zero-order chi connectivity index (χ0) is 23.3. The topological polar surface area (TPSA) is 79.8 Å². The first-order chi connectivity index (χ1) is 15.2. The first kappa shape index (κ1) is 23.5. The van der Waals surface area contributed by atoms with Crippen LogP contribution >= 0.6 is 0 Å². The summed E-state index contributed by atoms with van der Waals surface area (Å²) in [6.45, 7) is 8.80. The van der Waals surface area contributed by atoms with E-state index in [0.717, 1.165) is 0 Å². The number of amides is 2. The lowest BCUT2D eigenvalue weighted by Gasteiger charge is -2.20. The van der Waals surface area contributed by atoms with Gasteiger partial charge in [0.05, 0.1) is 27.6 Å². The molecule has 2 aromatic rings. The fourth-order valence-corrected chi connectivity index (χ4v) is 4.61. The van der Waals surface area contributed by atoms with Crippen molar-refractivity contribution in [3.63, 3.8) is 0 Å². The van der Waals surface area contributed by atoms with Gasteiger partial charge in [-0.25, -0.2) is 0 Å². The van der Waals surface area contributed by atoms with Crippen LogP contribution in [0.5, 0.6) is 5.75 Å². The predicted molar refractivity (Wildman–Crippen MR) is 133 cm³/mol. The Morgan fingerprint density at radius 1 is 1.06 bits per heavy atom. The minimum Gasteiger partial charge on any atom is -0.497 e. The summed E-state index contributed by atoms with van der Waals surface area (Å²) >= 11 is 0. The first-order valence-corrected chi connectivity index (χ1v) is 14.3. The molecule has 0 radical (unpaired) electrons. The Bertz CT molecular complexity index is 1020. The number of rotatable bonds is 8. The fraction of sp³-hybridized carbons (Fsp3) is 0.320. The van der Waals surface area contributed by atoms with Gasteiger partial charge in [0.25, 0.3) is 5.91 Å². The number of allylic oxidation sites excluding steroid dienone is 1. The van der Waals surface area contributed by atoms with E-state index >= 15 is 0 Å². The van der Waals surface area contributed by atoms with E-state index in [1.54, 1.807) is 31.4 Å². The minimum atomic E-state index is -1.42. The summed E-state index contributed by atoms with van der Waals surface area (Å²) in [7, 11) is 0.162. The van der Waals surface area contributed by atoms with E-state index in [2.05, 4.69) is 47.4 Å². The molecule has 2 N–H and O–H groups in total. The van der Waals surface area contributed by atoms with Gasteiger partial charge in [-0.3, -0.25) is 14.6 Å². The second-order valence-corrected chi connectivity index (χ2v) is 14.1. The Morgan fingerprint density at radius 2 is 1.72 bits per heavy atom. The number of aliphatic imine (C=N–C) groups is 1. The van der Waals surface area contributed by atoms with Crippen LogP contribution in [0.2, 0.25) is 19.6 Å². The normalized spacial score (nSPS) is 16.3. The molecule has 32 heavy (non-hydrogen) atoms. The molecule has 2 atom stereocenters. The minimum absolute atomic E-state index is 0.0811. The van der Waals surface area contributed by atoms with Gasteiger partial charge < -0.3 is 15.4 Å². The average molecular weight is 450 g/mol. The highest BCUT2D eigenvalue weighted by Gasteiger charge is 2.24. The maximum atomic E-state index is 13.2. The molecule has 168 valence electrons. The van der Waals surface area contributed by atoms with Crippen LogP contribution in [0.4, 0.5) is 5.69 Å². The largest absolute Gasteiger partial charge is 0.497 e. The van der Waals surface area contributed by atoms with Gasteiger partial charge in [0.2, 0.25) is 5.91 Å². The molecule has 0 spiro atoms. The number of anilines is 1. The summed E-state index contributed by atoms with van der Waals surface area (Å²) in [6, 6.07) is 14.3. The number of nitrogens with zero attached hydrogens (tertiary/aromatic N) is 1. The highest BCUT2D eigenvalue weighted by atomic mass is 28.3. The van der Waals surface area contributed by atoms with E-state index in [1.165, 1.54) is 5.19 Å². The van der Waals surface area contributed by atoms with Gasteiger partial charge in [-0.1, -0.05) is 55.2 Å². The molecule has 2 amide bonds. The number of benzene rings is 2. The van der Waals surface area contributed by atoms with Crippen LogP contribution in [0.15, 0.2) is 65.7 Å². The van der Waals surface area contributed by atoms with Crippen LogP contribution in [0, 0.1) is 0 Å². The quantitative estimate of drug-likeness (QED) is 0.601. The molecule has 6 nitrogen and oxygen atoms in total. The summed E-state index contributed by atoms with van der Waals surface area (Å²) in [5, 5.41) is 7.12. The van der Waals surface area contributed by atoms with Crippen molar-refractivity contribution in [1.29, 1.82) is 0 Å². The Morgan fingerprint density at radius 3 is 2.25 bits per heavy atom. The predicted octanol–water partition coefficient (Wildman–Crippen LogP) is 3.83. The van der Waals surface area contributed by atoms with E-state index in [0.29, 0.717) is 22.7 Å². The monoisotopic (exact) mass is 449 g/mol. The van der Waals surface area contributed by atoms with Crippen LogP contribution in [0.3, 0.4) is 0 Å². The van der Waals surface area contributed by atoms with Crippen LogP contribution < -0.4 is 20.6 Å². The second-order valence-electron chi connectivity index (χ2n) is 8.99. The molecule has 0 aromatic heterocycles. The second kappa shape index (κ2) is 9.95. The summed E-state index contributed by atoms with van der Waals surface area (Å²) in [5.74, 6) is 0.120. The van der Waals surface area contributed by atoms with Gasteiger partial charge in [0.1, 0.15) is 11.8 Å². The first-order valence-electron chi connectivity index (χ1n) is 10.8. The average Bonchev–Trinajstić information content (AvgIpc) is 3.16. The fourth-order valence-electron chi connectivity index (χ4n) is 3.44. The third-order valence-corrected chi connectivity index (χ3v) is 7.38. The number of carbonyl (C=O) groups is 2. The van der Waals surface area contributed by atoms with E-state index in [9.17, 15) is 9.59 Å². The molecule has 1 aliphatic heterocycles. The van der Waals surface area contributed by atoms with Crippen molar-refractivity contribution in [3.05, 3.63) is 66.2 Å². The lowest BCUT2D eigenvalue weighted by molar-refractivity contribution is -0.125. The lowest BCUT2D eigenvalue weighted by atomic mass is 10.0. The number of nitrogens with one attached hydrogen (secondary N) is 2. The van der Waals surface area contributed by atoms with Crippen LogP contribution in [0.25, 0.3) is 0 Å². The number of carbonyl (C=O) groups excluding carboxylic acids is 2.